The minimum atomic E-state index is -1.56. The predicted molar refractivity (Wildman–Crippen MR) is 120 cm³/mol. The van der Waals surface area contributed by atoms with E-state index in [9.17, 15) is 30.3 Å². The summed E-state index contributed by atoms with van der Waals surface area (Å²) in [6, 6.07) is -0.822. The molecule has 0 aromatic heterocycles. The molecule has 0 bridgehead atoms. The summed E-state index contributed by atoms with van der Waals surface area (Å²) >= 11 is 0. The molecular weight excluding hydrogens is 418 g/mol. The molecule has 1 heterocycles. The van der Waals surface area contributed by atoms with Crippen molar-refractivity contribution in [1.29, 1.82) is 0 Å². The number of ether oxygens (including phenoxy) is 2. The molecule has 0 aliphatic carbocycles. The highest BCUT2D eigenvalue weighted by atomic mass is 16.7. The second kappa shape index (κ2) is 16.1. The van der Waals surface area contributed by atoms with E-state index in [0.717, 1.165) is 32.1 Å². The molecule has 1 fully saturated rings. The van der Waals surface area contributed by atoms with Crippen molar-refractivity contribution in [2.45, 2.75) is 88.8 Å². The van der Waals surface area contributed by atoms with Crippen LogP contribution in [0, 0.1) is 0 Å². The number of allylic oxidation sites excluding steroid dienone is 5. The SMILES string of the molecule is CC/C=C/CC/C=C/CC/C=C/C(O)C(COC1OC(CO)C(O)C(O)C1O)NC(C)=O. The van der Waals surface area contributed by atoms with Gasteiger partial charge < -0.3 is 40.3 Å². The molecule has 0 aromatic carbocycles. The maximum Gasteiger partial charge on any atom is 0.217 e. The van der Waals surface area contributed by atoms with E-state index in [1.54, 1.807) is 6.08 Å². The van der Waals surface area contributed by atoms with Crippen molar-refractivity contribution in [3.05, 3.63) is 36.5 Å². The maximum atomic E-state index is 11.5. The van der Waals surface area contributed by atoms with Gasteiger partial charge in [-0.05, 0) is 32.1 Å². The highest BCUT2D eigenvalue weighted by molar-refractivity contribution is 5.73. The molecule has 0 aromatic rings. The fourth-order valence-corrected chi connectivity index (χ4v) is 3.17. The first-order chi connectivity index (χ1) is 15.3. The van der Waals surface area contributed by atoms with Gasteiger partial charge in [0.1, 0.15) is 24.4 Å². The lowest BCUT2D eigenvalue weighted by Crippen LogP contribution is -2.60. The van der Waals surface area contributed by atoms with Crippen LogP contribution in [0.25, 0.3) is 0 Å². The van der Waals surface area contributed by atoms with E-state index < -0.39 is 49.5 Å². The summed E-state index contributed by atoms with van der Waals surface area (Å²) in [4.78, 5) is 11.5. The third-order valence-electron chi connectivity index (χ3n) is 4.99. The Hall–Kier alpha value is -1.59. The molecule has 7 unspecified atom stereocenters. The molecule has 1 amide bonds. The van der Waals surface area contributed by atoms with Gasteiger partial charge in [-0.3, -0.25) is 4.79 Å². The second-order valence-corrected chi connectivity index (χ2v) is 7.76. The van der Waals surface area contributed by atoms with Gasteiger partial charge in [-0.15, -0.1) is 0 Å². The average Bonchev–Trinajstić information content (AvgIpc) is 2.77. The molecule has 32 heavy (non-hydrogen) atoms. The highest BCUT2D eigenvalue weighted by Crippen LogP contribution is 2.22. The van der Waals surface area contributed by atoms with Gasteiger partial charge in [0.15, 0.2) is 6.29 Å². The number of unbranched alkanes of at least 4 members (excludes halogenated alkanes) is 2. The van der Waals surface area contributed by atoms with E-state index in [1.807, 2.05) is 6.08 Å². The Morgan fingerprint density at radius 2 is 1.59 bits per heavy atom. The molecule has 0 spiro atoms. The molecule has 0 radical (unpaired) electrons. The number of aliphatic hydroxyl groups excluding tert-OH is 5. The monoisotopic (exact) mass is 457 g/mol. The summed E-state index contributed by atoms with van der Waals surface area (Å²) in [5, 5.41) is 52.0. The van der Waals surface area contributed by atoms with Crippen LogP contribution in [0.4, 0.5) is 0 Å². The Labute approximate surface area is 190 Å². The van der Waals surface area contributed by atoms with Gasteiger partial charge in [0.2, 0.25) is 5.91 Å². The molecule has 6 N–H and O–H groups in total. The molecule has 7 atom stereocenters. The second-order valence-electron chi connectivity index (χ2n) is 7.76. The van der Waals surface area contributed by atoms with Crippen molar-refractivity contribution < 1.29 is 39.8 Å². The van der Waals surface area contributed by atoms with E-state index in [1.165, 1.54) is 6.92 Å². The molecule has 1 aliphatic rings. The number of carbonyl (C=O) groups excluding carboxylic acids is 1. The van der Waals surface area contributed by atoms with Crippen LogP contribution in [0.15, 0.2) is 36.5 Å². The quantitative estimate of drug-likeness (QED) is 0.161. The molecule has 1 saturated heterocycles. The van der Waals surface area contributed by atoms with Crippen molar-refractivity contribution in [2.75, 3.05) is 13.2 Å². The van der Waals surface area contributed by atoms with Gasteiger partial charge in [-0.1, -0.05) is 43.4 Å². The zero-order valence-electron chi connectivity index (χ0n) is 18.9. The number of rotatable bonds is 14. The topological polar surface area (TPSA) is 149 Å². The van der Waals surface area contributed by atoms with Gasteiger partial charge in [0.25, 0.3) is 0 Å². The third kappa shape index (κ3) is 10.4. The fourth-order valence-electron chi connectivity index (χ4n) is 3.17. The minimum Gasteiger partial charge on any atom is -0.394 e. The lowest BCUT2D eigenvalue weighted by molar-refractivity contribution is -0.302. The largest absolute Gasteiger partial charge is 0.394 e. The van der Waals surface area contributed by atoms with Gasteiger partial charge in [0.05, 0.1) is 25.4 Å². The Kier molecular flexibility index (Phi) is 14.3. The number of nitrogens with one attached hydrogen (secondary N) is 1. The fraction of sp³-hybridized carbons (Fsp3) is 0.696. The van der Waals surface area contributed by atoms with Gasteiger partial charge in [-0.2, -0.15) is 0 Å². The van der Waals surface area contributed by atoms with E-state index in [2.05, 4.69) is 36.5 Å². The number of aliphatic hydroxyl groups is 5. The Morgan fingerprint density at radius 3 is 2.16 bits per heavy atom. The Morgan fingerprint density at radius 1 is 1.00 bits per heavy atom. The predicted octanol–water partition coefficient (Wildman–Crippen LogP) is 0.307. The first-order valence-electron chi connectivity index (χ1n) is 11.2. The first kappa shape index (κ1) is 28.4. The summed E-state index contributed by atoms with van der Waals surface area (Å²) in [6.45, 7) is 2.61. The molecule has 9 heteroatoms. The summed E-state index contributed by atoms with van der Waals surface area (Å²) in [6.07, 6.45) is 8.40. The molecule has 9 nitrogen and oxygen atoms in total. The lowest BCUT2D eigenvalue weighted by atomic mass is 9.99. The molecule has 1 rings (SSSR count). The number of hydrogen-bond donors (Lipinski definition) is 6. The zero-order chi connectivity index (χ0) is 23.9. The van der Waals surface area contributed by atoms with E-state index in [4.69, 9.17) is 9.47 Å². The number of amides is 1. The highest BCUT2D eigenvalue weighted by Gasteiger charge is 2.44. The first-order valence-corrected chi connectivity index (χ1v) is 11.2. The van der Waals surface area contributed by atoms with Crippen LogP contribution >= 0.6 is 0 Å². The lowest BCUT2D eigenvalue weighted by Gasteiger charge is -2.40. The van der Waals surface area contributed by atoms with Crippen molar-refractivity contribution in [1.82, 2.24) is 5.32 Å². The van der Waals surface area contributed by atoms with Crippen LogP contribution in [0.3, 0.4) is 0 Å². The normalized spacial score (nSPS) is 28.5. The van der Waals surface area contributed by atoms with Gasteiger partial charge in [0, 0.05) is 6.92 Å². The number of carbonyl (C=O) groups is 1. The van der Waals surface area contributed by atoms with Crippen LogP contribution in [0.2, 0.25) is 0 Å². The van der Waals surface area contributed by atoms with Crippen LogP contribution in [0.1, 0.15) is 46.0 Å². The average molecular weight is 458 g/mol. The summed E-state index contributed by atoms with van der Waals surface area (Å²) in [5.41, 5.74) is 0. The Balaban J connectivity index is 2.51. The molecular formula is C23H39NO8. The smallest absolute Gasteiger partial charge is 0.217 e. The summed E-state index contributed by atoms with van der Waals surface area (Å²) in [5.74, 6) is -0.375. The maximum absolute atomic E-state index is 11.5. The zero-order valence-corrected chi connectivity index (χ0v) is 18.9. The van der Waals surface area contributed by atoms with Gasteiger partial charge >= 0.3 is 0 Å². The third-order valence-corrected chi connectivity index (χ3v) is 4.99. The van der Waals surface area contributed by atoms with Crippen LogP contribution in [-0.4, -0.2) is 87.5 Å². The minimum absolute atomic E-state index is 0.223. The summed E-state index contributed by atoms with van der Waals surface area (Å²) in [7, 11) is 0. The van der Waals surface area contributed by atoms with E-state index in [-0.39, 0.29) is 12.5 Å². The van der Waals surface area contributed by atoms with E-state index >= 15 is 0 Å². The molecule has 184 valence electrons. The van der Waals surface area contributed by atoms with Gasteiger partial charge in [-0.25, -0.2) is 0 Å². The van der Waals surface area contributed by atoms with Crippen molar-refractivity contribution >= 4 is 5.91 Å². The van der Waals surface area contributed by atoms with Crippen LogP contribution < -0.4 is 5.32 Å². The summed E-state index contributed by atoms with van der Waals surface area (Å²) < 4.78 is 10.7. The van der Waals surface area contributed by atoms with Crippen LogP contribution in [0.5, 0.6) is 0 Å². The van der Waals surface area contributed by atoms with Crippen molar-refractivity contribution in [3.8, 4) is 0 Å². The van der Waals surface area contributed by atoms with Crippen LogP contribution in [-0.2, 0) is 14.3 Å². The van der Waals surface area contributed by atoms with Crippen molar-refractivity contribution in [2.24, 2.45) is 0 Å². The van der Waals surface area contributed by atoms with E-state index in [0.29, 0.717) is 0 Å². The number of hydrogen-bond acceptors (Lipinski definition) is 8. The Bertz CT molecular complexity index is 607. The molecule has 0 saturated carbocycles. The molecule has 1 aliphatic heterocycles. The van der Waals surface area contributed by atoms with Crippen molar-refractivity contribution in [3.63, 3.8) is 0 Å². The standard InChI is InChI=1S/C23H39NO8/c1-3-4-5-6-7-8-9-10-11-12-13-18(27)17(24-16(2)26)15-31-23-22(30)21(29)20(28)19(14-25)32-23/h4-5,8-9,12-13,17-23,25,27-30H,3,6-7,10-11,14-15H2,1-2H3,(H,24,26)/b5-4+,9-8+,13-12+.